The predicted octanol–water partition coefficient (Wildman–Crippen LogP) is 3.14. The first kappa shape index (κ1) is 28.7. The number of carbonyl (C=O) groups is 1. The van der Waals surface area contributed by atoms with Crippen LogP contribution in [-0.4, -0.2) is 73.5 Å². The van der Waals surface area contributed by atoms with E-state index in [4.69, 9.17) is 4.74 Å². The summed E-state index contributed by atoms with van der Waals surface area (Å²) < 4.78 is 6.17. The average Bonchev–Trinajstić information content (AvgIpc) is 3.34. The fraction of sp³-hybridized carbons (Fsp3) is 0.903. The summed E-state index contributed by atoms with van der Waals surface area (Å²) in [6.07, 6.45) is 5.37. The third-order valence-electron chi connectivity index (χ3n) is 12.5. The standard InChI is InChI=1S/C31H50O7/c1-6-7-19-17(2)26(38-24(19)16-32)27(35)30(5,36)25-10-13-31(37)21-15-23(34)22-14-18(33)8-11-28(22,3)20(21)9-12-29(25,31)4/h15,17-20,22,24-27,32-33,35-37H,6-14,16H2,1-5H3. The van der Waals surface area contributed by atoms with E-state index in [-0.39, 0.29) is 53.5 Å². The minimum Gasteiger partial charge on any atom is -0.394 e. The molecule has 1 aliphatic heterocycles. The van der Waals surface area contributed by atoms with Crippen LogP contribution >= 0.6 is 0 Å². The molecule has 0 aromatic rings. The second-order valence-electron chi connectivity index (χ2n) is 14.3. The first-order chi connectivity index (χ1) is 17.8. The summed E-state index contributed by atoms with van der Waals surface area (Å²) in [5.74, 6) is -0.424. The van der Waals surface area contributed by atoms with Crippen molar-refractivity contribution < 1.29 is 35.1 Å². The lowest BCUT2D eigenvalue weighted by molar-refractivity contribution is -0.197. The van der Waals surface area contributed by atoms with E-state index in [2.05, 4.69) is 13.8 Å². The zero-order valence-electron chi connectivity index (χ0n) is 23.9. The Morgan fingerprint density at radius 3 is 2.53 bits per heavy atom. The fourth-order valence-corrected chi connectivity index (χ4v) is 10.1. The van der Waals surface area contributed by atoms with E-state index in [9.17, 15) is 30.3 Å². The molecule has 5 aliphatic rings. The molecule has 216 valence electrons. The molecule has 0 spiro atoms. The maximum atomic E-state index is 13.4. The van der Waals surface area contributed by atoms with E-state index in [0.29, 0.717) is 32.1 Å². The average molecular weight is 535 g/mol. The third-order valence-corrected chi connectivity index (χ3v) is 12.5. The molecule has 1 saturated heterocycles. The Morgan fingerprint density at radius 2 is 1.87 bits per heavy atom. The van der Waals surface area contributed by atoms with Crippen molar-refractivity contribution in [3.8, 4) is 0 Å². The highest BCUT2D eigenvalue weighted by Crippen LogP contribution is 2.68. The van der Waals surface area contributed by atoms with Crippen molar-refractivity contribution in [3.63, 3.8) is 0 Å². The molecule has 13 atom stereocenters. The number of ketones is 1. The molecule has 5 N–H and O–H groups in total. The van der Waals surface area contributed by atoms with Crippen molar-refractivity contribution in [2.45, 2.75) is 128 Å². The molecular weight excluding hydrogens is 484 g/mol. The van der Waals surface area contributed by atoms with Gasteiger partial charge in [-0.05, 0) is 99.0 Å². The van der Waals surface area contributed by atoms with Crippen molar-refractivity contribution in [3.05, 3.63) is 11.6 Å². The molecule has 5 rings (SSSR count). The number of aliphatic hydroxyl groups is 5. The topological polar surface area (TPSA) is 127 Å². The van der Waals surface area contributed by atoms with E-state index in [1.54, 1.807) is 13.0 Å². The lowest BCUT2D eigenvalue weighted by Gasteiger charge is -2.60. The van der Waals surface area contributed by atoms with Gasteiger partial charge in [0.05, 0.1) is 36.1 Å². The van der Waals surface area contributed by atoms with E-state index < -0.39 is 34.9 Å². The minimum atomic E-state index is -1.52. The van der Waals surface area contributed by atoms with Gasteiger partial charge in [0.15, 0.2) is 5.78 Å². The van der Waals surface area contributed by atoms with Crippen LogP contribution in [0.3, 0.4) is 0 Å². The molecule has 4 aliphatic carbocycles. The molecule has 13 unspecified atom stereocenters. The van der Waals surface area contributed by atoms with Crippen LogP contribution in [-0.2, 0) is 9.53 Å². The van der Waals surface area contributed by atoms with Crippen LogP contribution in [0.4, 0.5) is 0 Å². The number of carbonyl (C=O) groups excluding carboxylic acids is 1. The Hall–Kier alpha value is -0.830. The number of ether oxygens (including phenoxy) is 1. The van der Waals surface area contributed by atoms with Crippen LogP contribution in [0.1, 0.15) is 92.4 Å². The Bertz CT molecular complexity index is 962. The van der Waals surface area contributed by atoms with Gasteiger partial charge < -0.3 is 30.3 Å². The van der Waals surface area contributed by atoms with Crippen LogP contribution < -0.4 is 0 Å². The summed E-state index contributed by atoms with van der Waals surface area (Å²) in [6.45, 7) is 9.90. The van der Waals surface area contributed by atoms with Crippen molar-refractivity contribution in [1.82, 2.24) is 0 Å². The van der Waals surface area contributed by atoms with Gasteiger partial charge in [-0.2, -0.15) is 0 Å². The molecule has 0 bridgehead atoms. The normalized spacial score (nSPS) is 51.0. The van der Waals surface area contributed by atoms with Crippen molar-refractivity contribution in [2.24, 2.45) is 40.4 Å². The van der Waals surface area contributed by atoms with Crippen molar-refractivity contribution >= 4 is 5.78 Å². The van der Waals surface area contributed by atoms with Gasteiger partial charge in [0.1, 0.15) is 6.10 Å². The van der Waals surface area contributed by atoms with Gasteiger partial charge in [-0.3, -0.25) is 4.79 Å². The van der Waals surface area contributed by atoms with Crippen LogP contribution in [0.15, 0.2) is 11.6 Å². The molecule has 0 radical (unpaired) electrons. The lowest BCUT2D eigenvalue weighted by Crippen LogP contribution is -2.63. The van der Waals surface area contributed by atoms with Gasteiger partial charge in [0.2, 0.25) is 0 Å². The number of aliphatic hydroxyl groups excluding tert-OH is 3. The molecule has 7 heteroatoms. The zero-order valence-corrected chi connectivity index (χ0v) is 23.9. The quantitative estimate of drug-likeness (QED) is 0.354. The SMILES string of the molecule is CCCC1C(CO)OC(C(O)C(C)(O)C2CCC3(O)C4=CC(=O)C5CC(O)CCC5(C)C4CCC23C)C1C. The number of allylic oxidation sites excluding steroid dienone is 1. The van der Waals surface area contributed by atoms with E-state index in [1.807, 2.05) is 13.8 Å². The molecule has 0 aromatic heterocycles. The van der Waals surface area contributed by atoms with Crippen LogP contribution in [0.2, 0.25) is 0 Å². The highest BCUT2D eigenvalue weighted by Gasteiger charge is 2.69. The largest absolute Gasteiger partial charge is 0.394 e. The summed E-state index contributed by atoms with van der Waals surface area (Å²) >= 11 is 0. The molecule has 1 heterocycles. The Morgan fingerprint density at radius 1 is 1.16 bits per heavy atom. The molecule has 3 saturated carbocycles. The molecule has 7 nitrogen and oxygen atoms in total. The number of rotatable bonds is 6. The van der Waals surface area contributed by atoms with E-state index in [0.717, 1.165) is 31.3 Å². The monoisotopic (exact) mass is 534 g/mol. The smallest absolute Gasteiger partial charge is 0.159 e. The molecule has 0 amide bonds. The number of fused-ring (bicyclic) bond motifs is 5. The van der Waals surface area contributed by atoms with Gasteiger partial charge in [0.25, 0.3) is 0 Å². The molecule has 38 heavy (non-hydrogen) atoms. The predicted molar refractivity (Wildman–Crippen MR) is 143 cm³/mol. The highest BCUT2D eigenvalue weighted by atomic mass is 16.5. The van der Waals surface area contributed by atoms with Gasteiger partial charge in [-0.15, -0.1) is 0 Å². The maximum Gasteiger partial charge on any atom is 0.159 e. The fourth-order valence-electron chi connectivity index (χ4n) is 10.1. The van der Waals surface area contributed by atoms with E-state index in [1.165, 1.54) is 0 Å². The first-order valence-corrected chi connectivity index (χ1v) is 15.1. The summed E-state index contributed by atoms with van der Waals surface area (Å²) in [6, 6.07) is 0. The molecule has 4 fully saturated rings. The summed E-state index contributed by atoms with van der Waals surface area (Å²) in [5, 5.41) is 56.4. The third kappa shape index (κ3) is 3.86. The van der Waals surface area contributed by atoms with Crippen molar-refractivity contribution in [1.29, 1.82) is 0 Å². The van der Waals surface area contributed by atoms with Crippen LogP contribution in [0, 0.1) is 40.4 Å². The molecular formula is C31H50O7. The summed E-state index contributed by atoms with van der Waals surface area (Å²) in [5.41, 5.74) is -2.93. The Balaban J connectivity index is 1.44. The Kier molecular flexibility index (Phi) is 7.27. The summed E-state index contributed by atoms with van der Waals surface area (Å²) in [7, 11) is 0. The van der Waals surface area contributed by atoms with E-state index >= 15 is 0 Å². The number of hydrogen-bond donors (Lipinski definition) is 5. The molecule has 0 aromatic carbocycles. The maximum absolute atomic E-state index is 13.4. The second-order valence-corrected chi connectivity index (χ2v) is 14.3. The van der Waals surface area contributed by atoms with Gasteiger partial charge in [-0.25, -0.2) is 0 Å². The van der Waals surface area contributed by atoms with Gasteiger partial charge >= 0.3 is 0 Å². The first-order valence-electron chi connectivity index (χ1n) is 15.1. The highest BCUT2D eigenvalue weighted by molar-refractivity contribution is 5.95. The number of hydrogen-bond acceptors (Lipinski definition) is 7. The van der Waals surface area contributed by atoms with Gasteiger partial charge in [0, 0.05) is 11.3 Å². The van der Waals surface area contributed by atoms with Crippen LogP contribution in [0.25, 0.3) is 0 Å². The van der Waals surface area contributed by atoms with Gasteiger partial charge in [-0.1, -0.05) is 34.1 Å². The summed E-state index contributed by atoms with van der Waals surface area (Å²) in [4.78, 5) is 13.4. The lowest BCUT2D eigenvalue weighted by atomic mass is 9.46. The second kappa shape index (κ2) is 9.63. The van der Waals surface area contributed by atoms with Crippen molar-refractivity contribution in [2.75, 3.05) is 6.61 Å². The van der Waals surface area contributed by atoms with Crippen LogP contribution in [0.5, 0.6) is 0 Å². The minimum absolute atomic E-state index is 0.00983. The zero-order chi connectivity index (χ0) is 27.8. The Labute approximate surface area is 227 Å².